The summed E-state index contributed by atoms with van der Waals surface area (Å²) in [5, 5.41) is 9.53. The Bertz CT molecular complexity index is 520. The molecule has 2 unspecified atom stereocenters. The van der Waals surface area contributed by atoms with E-state index in [1.165, 1.54) is 0 Å². The van der Waals surface area contributed by atoms with Gasteiger partial charge in [-0.05, 0) is 43.1 Å². The summed E-state index contributed by atoms with van der Waals surface area (Å²) in [7, 11) is 0. The second-order valence-electron chi connectivity index (χ2n) is 5.88. The van der Waals surface area contributed by atoms with Crippen LogP contribution in [0.15, 0.2) is 24.3 Å². The zero-order valence-electron chi connectivity index (χ0n) is 14.7. The molecule has 0 radical (unpaired) electrons. The van der Waals surface area contributed by atoms with Gasteiger partial charge >= 0.3 is 0 Å². The van der Waals surface area contributed by atoms with Gasteiger partial charge in [-0.1, -0.05) is 38.8 Å². The molecule has 0 spiro atoms. The lowest BCUT2D eigenvalue weighted by atomic mass is 9.98. The standard InChI is InChI=1S/C18H28ClN3O2/c1-4-10-20-11-12-21-18(24)16(13(3)5-2)22-17(23)14-6-8-15(19)9-7-14/h6-9,13,16,20H,4-5,10-12H2,1-3H3,(H,21,24)(H,22,23). The van der Waals surface area contributed by atoms with Crippen molar-refractivity contribution < 1.29 is 9.59 Å². The highest BCUT2D eigenvalue weighted by atomic mass is 35.5. The third-order valence-corrected chi connectivity index (χ3v) is 4.17. The predicted molar refractivity (Wildman–Crippen MR) is 98.3 cm³/mol. The van der Waals surface area contributed by atoms with Gasteiger partial charge in [0, 0.05) is 23.7 Å². The van der Waals surface area contributed by atoms with Gasteiger partial charge in [0.2, 0.25) is 5.91 Å². The van der Waals surface area contributed by atoms with E-state index in [0.29, 0.717) is 17.1 Å². The van der Waals surface area contributed by atoms with Crippen LogP contribution in [-0.4, -0.2) is 37.5 Å². The number of rotatable bonds is 10. The summed E-state index contributed by atoms with van der Waals surface area (Å²) in [6, 6.07) is 6.07. The fourth-order valence-electron chi connectivity index (χ4n) is 2.21. The molecule has 1 aromatic carbocycles. The van der Waals surface area contributed by atoms with E-state index in [-0.39, 0.29) is 17.7 Å². The van der Waals surface area contributed by atoms with Crippen LogP contribution in [0.1, 0.15) is 44.0 Å². The molecule has 5 nitrogen and oxygen atoms in total. The maximum absolute atomic E-state index is 12.4. The molecule has 0 saturated carbocycles. The minimum absolute atomic E-state index is 0.0462. The Labute approximate surface area is 149 Å². The maximum atomic E-state index is 12.4. The molecule has 24 heavy (non-hydrogen) atoms. The van der Waals surface area contributed by atoms with Gasteiger partial charge in [-0.2, -0.15) is 0 Å². The van der Waals surface area contributed by atoms with E-state index in [1.807, 2.05) is 13.8 Å². The fourth-order valence-corrected chi connectivity index (χ4v) is 2.34. The summed E-state index contributed by atoms with van der Waals surface area (Å²) < 4.78 is 0. The topological polar surface area (TPSA) is 70.2 Å². The number of hydrogen-bond donors (Lipinski definition) is 3. The van der Waals surface area contributed by atoms with Gasteiger partial charge in [0.25, 0.3) is 5.91 Å². The van der Waals surface area contributed by atoms with E-state index in [1.54, 1.807) is 24.3 Å². The molecule has 3 N–H and O–H groups in total. The summed E-state index contributed by atoms with van der Waals surface area (Å²) in [5.74, 6) is -0.369. The minimum atomic E-state index is -0.552. The SMILES string of the molecule is CCCNCCNC(=O)C(NC(=O)c1ccc(Cl)cc1)C(C)CC. The summed E-state index contributed by atoms with van der Waals surface area (Å²) in [6.07, 6.45) is 1.85. The Morgan fingerprint density at radius 2 is 1.75 bits per heavy atom. The molecule has 0 aliphatic rings. The molecule has 0 bridgehead atoms. The predicted octanol–water partition coefficient (Wildman–Crippen LogP) is 2.60. The zero-order chi connectivity index (χ0) is 17.9. The molecular weight excluding hydrogens is 326 g/mol. The van der Waals surface area contributed by atoms with Crippen molar-refractivity contribution in [3.63, 3.8) is 0 Å². The van der Waals surface area contributed by atoms with Crippen LogP contribution in [0.25, 0.3) is 0 Å². The van der Waals surface area contributed by atoms with Gasteiger partial charge < -0.3 is 16.0 Å². The van der Waals surface area contributed by atoms with E-state index < -0.39 is 6.04 Å². The average Bonchev–Trinajstić information content (AvgIpc) is 2.59. The van der Waals surface area contributed by atoms with Crippen molar-refractivity contribution >= 4 is 23.4 Å². The first-order valence-electron chi connectivity index (χ1n) is 8.54. The fraction of sp³-hybridized carbons (Fsp3) is 0.556. The van der Waals surface area contributed by atoms with Crippen LogP contribution in [-0.2, 0) is 4.79 Å². The van der Waals surface area contributed by atoms with E-state index >= 15 is 0 Å². The molecule has 1 aromatic rings. The number of carbonyl (C=O) groups excluding carboxylic acids is 2. The zero-order valence-corrected chi connectivity index (χ0v) is 15.5. The molecule has 0 saturated heterocycles. The van der Waals surface area contributed by atoms with E-state index in [0.717, 1.165) is 25.9 Å². The Hall–Kier alpha value is -1.59. The molecule has 0 aliphatic carbocycles. The molecule has 0 aliphatic heterocycles. The first-order valence-corrected chi connectivity index (χ1v) is 8.92. The van der Waals surface area contributed by atoms with Gasteiger partial charge in [0.15, 0.2) is 0 Å². The van der Waals surface area contributed by atoms with Gasteiger partial charge in [0.05, 0.1) is 0 Å². The highest BCUT2D eigenvalue weighted by molar-refractivity contribution is 6.30. The largest absolute Gasteiger partial charge is 0.353 e. The highest BCUT2D eigenvalue weighted by Crippen LogP contribution is 2.12. The lowest BCUT2D eigenvalue weighted by Gasteiger charge is -2.23. The number of carbonyl (C=O) groups is 2. The quantitative estimate of drug-likeness (QED) is 0.566. The Morgan fingerprint density at radius 1 is 1.08 bits per heavy atom. The van der Waals surface area contributed by atoms with E-state index in [2.05, 4.69) is 22.9 Å². The first kappa shape index (κ1) is 20.5. The number of amides is 2. The van der Waals surface area contributed by atoms with Crippen LogP contribution in [0.3, 0.4) is 0 Å². The monoisotopic (exact) mass is 353 g/mol. The van der Waals surface area contributed by atoms with Gasteiger partial charge in [-0.3, -0.25) is 9.59 Å². The Morgan fingerprint density at radius 3 is 2.33 bits per heavy atom. The van der Waals surface area contributed by atoms with Crippen LogP contribution in [0.4, 0.5) is 0 Å². The van der Waals surface area contributed by atoms with Crippen LogP contribution < -0.4 is 16.0 Å². The van der Waals surface area contributed by atoms with Crippen molar-refractivity contribution in [2.45, 2.75) is 39.7 Å². The van der Waals surface area contributed by atoms with Crippen LogP contribution in [0.5, 0.6) is 0 Å². The third kappa shape index (κ3) is 6.89. The highest BCUT2D eigenvalue weighted by Gasteiger charge is 2.25. The maximum Gasteiger partial charge on any atom is 0.251 e. The van der Waals surface area contributed by atoms with Crippen molar-refractivity contribution in [3.8, 4) is 0 Å². The summed E-state index contributed by atoms with van der Waals surface area (Å²) >= 11 is 5.84. The first-order chi connectivity index (χ1) is 11.5. The summed E-state index contributed by atoms with van der Waals surface area (Å²) in [5.41, 5.74) is 0.491. The number of halogens is 1. The molecule has 0 fully saturated rings. The van der Waals surface area contributed by atoms with Crippen molar-refractivity contribution in [3.05, 3.63) is 34.9 Å². The lowest BCUT2D eigenvalue weighted by molar-refractivity contribution is -0.124. The van der Waals surface area contributed by atoms with Crippen LogP contribution in [0, 0.1) is 5.92 Å². The van der Waals surface area contributed by atoms with Crippen LogP contribution in [0.2, 0.25) is 5.02 Å². The summed E-state index contributed by atoms with van der Waals surface area (Å²) in [6.45, 7) is 8.25. The van der Waals surface area contributed by atoms with Crippen molar-refractivity contribution in [2.24, 2.45) is 5.92 Å². The van der Waals surface area contributed by atoms with Crippen molar-refractivity contribution in [1.29, 1.82) is 0 Å². The second-order valence-corrected chi connectivity index (χ2v) is 6.32. The normalized spacial score (nSPS) is 13.2. The smallest absolute Gasteiger partial charge is 0.251 e. The average molecular weight is 354 g/mol. The van der Waals surface area contributed by atoms with Gasteiger partial charge in [-0.25, -0.2) is 0 Å². The molecule has 2 atom stereocenters. The number of benzene rings is 1. The molecular formula is C18H28ClN3O2. The van der Waals surface area contributed by atoms with E-state index in [4.69, 9.17) is 11.6 Å². The summed E-state index contributed by atoms with van der Waals surface area (Å²) in [4.78, 5) is 24.8. The second kappa shape index (κ2) is 11.0. The minimum Gasteiger partial charge on any atom is -0.353 e. The number of hydrogen-bond acceptors (Lipinski definition) is 3. The Kier molecular flexibility index (Phi) is 9.42. The number of nitrogens with one attached hydrogen (secondary N) is 3. The molecule has 2 amide bonds. The van der Waals surface area contributed by atoms with Crippen LogP contribution >= 0.6 is 11.6 Å². The van der Waals surface area contributed by atoms with Crippen molar-refractivity contribution in [1.82, 2.24) is 16.0 Å². The van der Waals surface area contributed by atoms with Gasteiger partial charge in [-0.15, -0.1) is 0 Å². The molecule has 6 heteroatoms. The molecule has 0 aromatic heterocycles. The molecule has 0 heterocycles. The third-order valence-electron chi connectivity index (χ3n) is 3.92. The van der Waals surface area contributed by atoms with Crippen molar-refractivity contribution in [2.75, 3.05) is 19.6 Å². The lowest BCUT2D eigenvalue weighted by Crippen LogP contribution is -2.51. The Balaban J connectivity index is 2.62. The molecule has 134 valence electrons. The van der Waals surface area contributed by atoms with E-state index in [9.17, 15) is 9.59 Å². The van der Waals surface area contributed by atoms with Gasteiger partial charge in [0.1, 0.15) is 6.04 Å². The molecule has 1 rings (SSSR count).